The van der Waals surface area contributed by atoms with Crippen LogP contribution < -0.4 is 5.32 Å². The number of unbranched alkanes of at least 4 members (excludes halogenated alkanes) is 2. The highest BCUT2D eigenvalue weighted by molar-refractivity contribution is 4.75. The molecule has 102 valence electrons. The van der Waals surface area contributed by atoms with E-state index < -0.39 is 0 Å². The van der Waals surface area contributed by atoms with Crippen molar-refractivity contribution in [2.75, 3.05) is 20.1 Å². The Morgan fingerprint density at radius 1 is 1.29 bits per heavy atom. The van der Waals surface area contributed by atoms with Crippen LogP contribution in [-0.4, -0.2) is 37.1 Å². The molecule has 2 unspecified atom stereocenters. The minimum Gasteiger partial charge on any atom is -0.314 e. The molecule has 17 heavy (non-hydrogen) atoms. The van der Waals surface area contributed by atoms with Crippen molar-refractivity contribution in [3.05, 3.63) is 0 Å². The van der Waals surface area contributed by atoms with Crippen molar-refractivity contribution in [1.29, 1.82) is 0 Å². The topological polar surface area (TPSA) is 15.3 Å². The van der Waals surface area contributed by atoms with E-state index in [9.17, 15) is 0 Å². The van der Waals surface area contributed by atoms with Crippen LogP contribution >= 0.6 is 0 Å². The fourth-order valence-corrected chi connectivity index (χ4v) is 2.81. The van der Waals surface area contributed by atoms with Gasteiger partial charge < -0.3 is 10.2 Å². The van der Waals surface area contributed by atoms with Crippen molar-refractivity contribution in [3.8, 4) is 0 Å². The van der Waals surface area contributed by atoms with E-state index >= 15 is 0 Å². The number of piperidine rings is 1. The number of likely N-dealkylation sites (tertiary alicyclic amines) is 1. The zero-order chi connectivity index (χ0) is 12.5. The second-order valence-corrected chi connectivity index (χ2v) is 5.77. The van der Waals surface area contributed by atoms with Gasteiger partial charge in [-0.25, -0.2) is 0 Å². The number of hydrogen-bond acceptors (Lipinski definition) is 2. The first-order valence-electron chi connectivity index (χ1n) is 7.67. The summed E-state index contributed by atoms with van der Waals surface area (Å²) in [6.45, 7) is 7.11. The third-order valence-electron chi connectivity index (χ3n) is 4.13. The Balaban J connectivity index is 2.01. The van der Waals surface area contributed by atoms with Gasteiger partial charge in [0, 0.05) is 12.1 Å². The van der Waals surface area contributed by atoms with Crippen molar-refractivity contribution in [1.82, 2.24) is 10.2 Å². The summed E-state index contributed by atoms with van der Waals surface area (Å²) in [5.41, 5.74) is 0. The summed E-state index contributed by atoms with van der Waals surface area (Å²) < 4.78 is 0. The largest absolute Gasteiger partial charge is 0.314 e. The third kappa shape index (κ3) is 6.42. The maximum Gasteiger partial charge on any atom is 0.0104 e. The molecule has 0 aromatic heterocycles. The fraction of sp³-hybridized carbons (Fsp3) is 1.00. The standard InChI is InChI=1S/C15H32N2/c1-4-5-6-9-14(2)16-12-11-15-10-7-8-13-17(15)3/h14-16H,4-13H2,1-3H3. The zero-order valence-electron chi connectivity index (χ0n) is 12.2. The number of nitrogens with zero attached hydrogens (tertiary/aromatic N) is 1. The summed E-state index contributed by atoms with van der Waals surface area (Å²) in [5.74, 6) is 0. The molecular weight excluding hydrogens is 208 g/mol. The summed E-state index contributed by atoms with van der Waals surface area (Å²) in [4.78, 5) is 2.55. The molecule has 2 heteroatoms. The Morgan fingerprint density at radius 2 is 2.12 bits per heavy atom. The van der Waals surface area contributed by atoms with Crippen molar-refractivity contribution in [3.63, 3.8) is 0 Å². The summed E-state index contributed by atoms with van der Waals surface area (Å²) in [6, 6.07) is 1.54. The minimum absolute atomic E-state index is 0.704. The molecule has 2 nitrogen and oxygen atoms in total. The summed E-state index contributed by atoms with van der Waals surface area (Å²) in [5, 5.41) is 3.68. The van der Waals surface area contributed by atoms with E-state index in [2.05, 4.69) is 31.1 Å². The Kier molecular flexibility index (Phi) is 7.87. The normalized spacial score (nSPS) is 23.8. The van der Waals surface area contributed by atoms with Crippen LogP contribution in [0.15, 0.2) is 0 Å². The summed E-state index contributed by atoms with van der Waals surface area (Å²) in [6.07, 6.45) is 11.0. The Labute approximate surface area is 108 Å². The molecular formula is C15H32N2. The number of rotatable bonds is 8. The van der Waals surface area contributed by atoms with E-state index in [4.69, 9.17) is 0 Å². The molecule has 0 aromatic rings. The van der Waals surface area contributed by atoms with Gasteiger partial charge in [-0.05, 0) is 52.7 Å². The van der Waals surface area contributed by atoms with Gasteiger partial charge in [0.2, 0.25) is 0 Å². The lowest BCUT2D eigenvalue weighted by molar-refractivity contribution is 0.174. The average Bonchev–Trinajstić information content (AvgIpc) is 2.32. The van der Waals surface area contributed by atoms with Gasteiger partial charge in [-0.2, -0.15) is 0 Å². The maximum absolute atomic E-state index is 3.68. The SMILES string of the molecule is CCCCCC(C)NCCC1CCCCN1C. The van der Waals surface area contributed by atoms with Crippen LogP contribution in [0.25, 0.3) is 0 Å². The van der Waals surface area contributed by atoms with Crippen LogP contribution in [0.5, 0.6) is 0 Å². The fourth-order valence-electron chi connectivity index (χ4n) is 2.81. The molecule has 1 aliphatic heterocycles. The zero-order valence-corrected chi connectivity index (χ0v) is 12.2. The summed E-state index contributed by atoms with van der Waals surface area (Å²) in [7, 11) is 2.29. The molecule has 1 rings (SSSR count). The molecule has 0 aromatic carbocycles. The highest BCUT2D eigenvalue weighted by Gasteiger charge is 2.18. The third-order valence-corrected chi connectivity index (χ3v) is 4.13. The molecule has 0 radical (unpaired) electrons. The van der Waals surface area contributed by atoms with Gasteiger partial charge in [0.1, 0.15) is 0 Å². The van der Waals surface area contributed by atoms with Gasteiger partial charge in [-0.15, -0.1) is 0 Å². The van der Waals surface area contributed by atoms with Crippen LogP contribution in [-0.2, 0) is 0 Å². The Morgan fingerprint density at radius 3 is 2.82 bits per heavy atom. The van der Waals surface area contributed by atoms with Gasteiger partial charge in [0.25, 0.3) is 0 Å². The molecule has 0 spiro atoms. The molecule has 0 bridgehead atoms. The molecule has 0 saturated carbocycles. The second kappa shape index (κ2) is 8.93. The first kappa shape index (κ1) is 15.0. The van der Waals surface area contributed by atoms with E-state index in [0.717, 1.165) is 6.04 Å². The van der Waals surface area contributed by atoms with Gasteiger partial charge in [-0.1, -0.05) is 32.6 Å². The van der Waals surface area contributed by atoms with E-state index in [-0.39, 0.29) is 0 Å². The average molecular weight is 240 g/mol. The van der Waals surface area contributed by atoms with Crippen molar-refractivity contribution in [2.45, 2.75) is 77.3 Å². The van der Waals surface area contributed by atoms with Gasteiger partial charge >= 0.3 is 0 Å². The number of nitrogens with one attached hydrogen (secondary N) is 1. The van der Waals surface area contributed by atoms with Crippen molar-refractivity contribution in [2.24, 2.45) is 0 Å². The minimum atomic E-state index is 0.704. The molecule has 2 atom stereocenters. The maximum atomic E-state index is 3.68. The van der Waals surface area contributed by atoms with Crippen LogP contribution in [0.3, 0.4) is 0 Å². The van der Waals surface area contributed by atoms with Gasteiger partial charge in [-0.3, -0.25) is 0 Å². The predicted octanol–water partition coefficient (Wildman–Crippen LogP) is 3.42. The lowest BCUT2D eigenvalue weighted by Crippen LogP contribution is -2.39. The lowest BCUT2D eigenvalue weighted by Gasteiger charge is -2.32. The Bertz CT molecular complexity index is 182. The highest BCUT2D eigenvalue weighted by atomic mass is 15.1. The molecule has 0 amide bonds. The quantitative estimate of drug-likeness (QED) is 0.654. The van der Waals surface area contributed by atoms with Crippen molar-refractivity contribution < 1.29 is 0 Å². The molecule has 1 fully saturated rings. The lowest BCUT2D eigenvalue weighted by atomic mass is 10.00. The highest BCUT2D eigenvalue weighted by Crippen LogP contribution is 2.17. The first-order chi connectivity index (χ1) is 8.24. The molecule has 1 saturated heterocycles. The molecule has 0 aliphatic carbocycles. The van der Waals surface area contributed by atoms with Crippen LogP contribution in [0.2, 0.25) is 0 Å². The van der Waals surface area contributed by atoms with Crippen LogP contribution in [0, 0.1) is 0 Å². The van der Waals surface area contributed by atoms with Gasteiger partial charge in [0.05, 0.1) is 0 Å². The summed E-state index contributed by atoms with van der Waals surface area (Å²) >= 11 is 0. The Hall–Kier alpha value is -0.0800. The van der Waals surface area contributed by atoms with Gasteiger partial charge in [0.15, 0.2) is 0 Å². The van der Waals surface area contributed by atoms with E-state index in [1.807, 2.05) is 0 Å². The van der Waals surface area contributed by atoms with Crippen LogP contribution in [0.4, 0.5) is 0 Å². The predicted molar refractivity (Wildman–Crippen MR) is 76.5 cm³/mol. The first-order valence-corrected chi connectivity index (χ1v) is 7.67. The number of hydrogen-bond donors (Lipinski definition) is 1. The van der Waals surface area contributed by atoms with E-state index in [1.54, 1.807) is 0 Å². The smallest absolute Gasteiger partial charge is 0.0104 e. The van der Waals surface area contributed by atoms with Crippen LogP contribution in [0.1, 0.15) is 65.2 Å². The van der Waals surface area contributed by atoms with E-state index in [0.29, 0.717) is 6.04 Å². The molecule has 1 N–H and O–H groups in total. The monoisotopic (exact) mass is 240 g/mol. The molecule has 1 heterocycles. The molecule has 1 aliphatic rings. The van der Waals surface area contributed by atoms with Crippen molar-refractivity contribution >= 4 is 0 Å². The second-order valence-electron chi connectivity index (χ2n) is 5.77. The van der Waals surface area contributed by atoms with E-state index in [1.165, 1.54) is 64.5 Å².